The molecule has 0 aromatic rings. The zero-order valence-electron chi connectivity index (χ0n) is 15.4. The van der Waals surface area contributed by atoms with E-state index in [0.29, 0.717) is 12.1 Å². The molecule has 0 saturated carbocycles. The molecule has 0 N–H and O–H groups in total. The van der Waals surface area contributed by atoms with Crippen molar-refractivity contribution in [3.63, 3.8) is 0 Å². The van der Waals surface area contributed by atoms with Crippen LogP contribution in [0.4, 0.5) is 0 Å². The summed E-state index contributed by atoms with van der Waals surface area (Å²) in [5.41, 5.74) is 0. The van der Waals surface area contributed by atoms with Crippen LogP contribution in [0.3, 0.4) is 0 Å². The van der Waals surface area contributed by atoms with Gasteiger partial charge in [0.25, 0.3) is 0 Å². The van der Waals surface area contributed by atoms with Crippen molar-refractivity contribution in [1.29, 1.82) is 0 Å². The summed E-state index contributed by atoms with van der Waals surface area (Å²) in [4.78, 5) is 0. The van der Waals surface area contributed by atoms with Crippen LogP contribution in [0.15, 0.2) is 0 Å². The first-order valence-corrected chi connectivity index (χ1v) is 9.25. The fraction of sp³-hybridized carbons (Fsp3) is 0.667. The Balaban J connectivity index is -0.0000000492. The number of hydrogen-bond acceptors (Lipinski definition) is 6. The Kier molecular flexibility index (Phi) is 42.0. The first-order chi connectivity index (χ1) is 8.49. The molecule has 0 aliphatic heterocycles. The Morgan fingerprint density at radius 3 is 0.682 bits per heavy atom. The molecule has 0 amide bonds. The molecule has 0 fully saturated rings. The zero-order valence-corrected chi connectivity index (χ0v) is 23.1. The van der Waals surface area contributed by atoms with Crippen LogP contribution in [0.5, 0.6) is 0 Å². The maximum Gasteiger partial charge on any atom is 0.468 e. The van der Waals surface area contributed by atoms with Crippen LogP contribution in [0, 0.1) is 28.7 Å². The SMILES string of the molecule is [CH2-]C[Si](OC)(OC)OC.[CH2-]C[Si](OC)(OC)OC.[CH3-].[CH3-].[Y].[Y]. The fourth-order valence-corrected chi connectivity index (χ4v) is 3.34. The summed E-state index contributed by atoms with van der Waals surface area (Å²) in [5, 5.41) is 0. The molecule has 22 heavy (non-hydrogen) atoms. The third-order valence-corrected chi connectivity index (χ3v) is 7.44. The normalized spacial score (nSPS) is 9.82. The van der Waals surface area contributed by atoms with E-state index >= 15 is 0 Å². The Morgan fingerprint density at radius 2 is 0.682 bits per heavy atom. The number of rotatable bonds is 8. The second-order valence-electron chi connectivity index (χ2n) is 3.09. The van der Waals surface area contributed by atoms with Crippen LogP contribution in [-0.4, -0.2) is 60.3 Å². The van der Waals surface area contributed by atoms with E-state index in [2.05, 4.69) is 13.8 Å². The van der Waals surface area contributed by atoms with Gasteiger partial charge in [-0.15, -0.1) is 12.1 Å². The molecule has 6 nitrogen and oxygen atoms in total. The third kappa shape index (κ3) is 14.7. The molecule has 0 aromatic carbocycles. The Labute approximate surface area is 191 Å². The van der Waals surface area contributed by atoms with E-state index in [1.165, 1.54) is 0 Å². The van der Waals surface area contributed by atoms with E-state index < -0.39 is 17.6 Å². The molecule has 0 heterocycles. The van der Waals surface area contributed by atoms with Gasteiger partial charge in [0.15, 0.2) is 0 Å². The molecular weight excluding hydrogens is 474 g/mol. The molecule has 2 radical (unpaired) electrons. The van der Waals surface area contributed by atoms with Crippen LogP contribution in [0.2, 0.25) is 12.1 Å². The summed E-state index contributed by atoms with van der Waals surface area (Å²) in [6.07, 6.45) is 0. The second kappa shape index (κ2) is 23.4. The van der Waals surface area contributed by atoms with Gasteiger partial charge < -0.3 is 55.3 Å². The minimum atomic E-state index is -2.30. The molecule has 0 saturated heterocycles. The van der Waals surface area contributed by atoms with E-state index in [-0.39, 0.29) is 80.3 Å². The largest absolute Gasteiger partial charge is 0.468 e. The quantitative estimate of drug-likeness (QED) is 0.372. The zero-order chi connectivity index (χ0) is 14.7. The summed E-state index contributed by atoms with van der Waals surface area (Å²) in [6.45, 7) is 7.31. The molecule has 134 valence electrons. The third-order valence-electron chi connectivity index (χ3n) is 2.48. The Hall–Kier alpha value is 2.40. The van der Waals surface area contributed by atoms with Crippen LogP contribution in [0.25, 0.3) is 0 Å². The molecule has 0 aliphatic carbocycles. The smallest absolute Gasteiger partial charge is 0.378 e. The van der Waals surface area contributed by atoms with Crippen molar-refractivity contribution in [3.8, 4) is 0 Å². The topological polar surface area (TPSA) is 55.4 Å². The molecule has 0 atom stereocenters. The minimum absolute atomic E-state index is 0. The van der Waals surface area contributed by atoms with Crippen molar-refractivity contribution in [2.45, 2.75) is 12.1 Å². The number of hydrogen-bond donors (Lipinski definition) is 0. The molecule has 10 heteroatoms. The van der Waals surface area contributed by atoms with Crippen molar-refractivity contribution in [2.75, 3.05) is 42.7 Å². The van der Waals surface area contributed by atoms with Crippen LogP contribution in [0.1, 0.15) is 0 Å². The van der Waals surface area contributed by atoms with Crippen molar-refractivity contribution < 1.29 is 92.0 Å². The van der Waals surface area contributed by atoms with Crippen molar-refractivity contribution >= 4 is 17.6 Å². The van der Waals surface area contributed by atoms with E-state index in [1.54, 1.807) is 42.7 Å². The van der Waals surface area contributed by atoms with Gasteiger partial charge in [-0.25, -0.2) is 0 Å². The van der Waals surface area contributed by atoms with Gasteiger partial charge in [-0.3, -0.25) is 0 Å². The van der Waals surface area contributed by atoms with E-state index in [0.717, 1.165) is 0 Å². The predicted octanol–water partition coefficient (Wildman–Crippen LogP) is 2.29. The van der Waals surface area contributed by atoms with Gasteiger partial charge in [-0.1, -0.05) is 0 Å². The van der Waals surface area contributed by atoms with Crippen molar-refractivity contribution in [2.24, 2.45) is 0 Å². The standard InChI is InChI=1S/2C5H13O3Si.2CH3.2Y/c2*1-5-9(6-2,7-3)8-4;;;;/h2*1,5H2,2-4H3;2*1H3;;/q4*-1;;. The van der Waals surface area contributed by atoms with Crippen LogP contribution >= 0.6 is 0 Å². The summed E-state index contributed by atoms with van der Waals surface area (Å²) in [6, 6.07) is 1.13. The maximum atomic E-state index is 5.02. The predicted molar refractivity (Wildman–Crippen MR) is 86.7 cm³/mol. The maximum absolute atomic E-state index is 5.02. The van der Waals surface area contributed by atoms with Gasteiger partial charge in [0, 0.05) is 108 Å². The summed E-state index contributed by atoms with van der Waals surface area (Å²) >= 11 is 0. The van der Waals surface area contributed by atoms with Gasteiger partial charge in [-0.05, 0) is 0 Å². The molecular formula is C12H32O6Si2Y2-4. The van der Waals surface area contributed by atoms with Crippen molar-refractivity contribution in [1.82, 2.24) is 0 Å². The van der Waals surface area contributed by atoms with Crippen molar-refractivity contribution in [3.05, 3.63) is 28.7 Å². The van der Waals surface area contributed by atoms with Gasteiger partial charge in [0.1, 0.15) is 0 Å². The molecule has 0 spiro atoms. The Bertz CT molecular complexity index is 141. The van der Waals surface area contributed by atoms with Crippen LogP contribution in [-0.2, 0) is 92.0 Å². The van der Waals surface area contributed by atoms with Gasteiger partial charge in [0.05, 0.1) is 0 Å². The molecule has 0 aromatic heterocycles. The monoisotopic (exact) mass is 506 g/mol. The average Bonchev–Trinajstić information content (AvgIpc) is 2.46. The van der Waals surface area contributed by atoms with Gasteiger partial charge in [-0.2, -0.15) is 0 Å². The summed E-state index contributed by atoms with van der Waals surface area (Å²) in [7, 11) is 4.84. The summed E-state index contributed by atoms with van der Waals surface area (Å²) in [5.74, 6) is 0. The fourth-order valence-electron chi connectivity index (χ4n) is 1.11. The first-order valence-electron chi connectivity index (χ1n) is 5.38. The average molecular weight is 506 g/mol. The van der Waals surface area contributed by atoms with E-state index in [1.807, 2.05) is 0 Å². The molecule has 0 aliphatic rings. The van der Waals surface area contributed by atoms with E-state index in [4.69, 9.17) is 26.6 Å². The first kappa shape index (κ1) is 39.5. The second-order valence-corrected chi connectivity index (χ2v) is 9.27. The van der Waals surface area contributed by atoms with Gasteiger partial charge in [0.2, 0.25) is 0 Å². The van der Waals surface area contributed by atoms with Gasteiger partial charge >= 0.3 is 17.6 Å². The summed E-state index contributed by atoms with van der Waals surface area (Å²) < 4.78 is 30.1. The molecule has 0 unspecified atom stereocenters. The van der Waals surface area contributed by atoms with E-state index in [9.17, 15) is 0 Å². The Morgan fingerprint density at radius 1 is 0.545 bits per heavy atom. The van der Waals surface area contributed by atoms with Crippen LogP contribution < -0.4 is 0 Å². The molecule has 0 rings (SSSR count). The molecule has 0 bridgehead atoms. The minimum Gasteiger partial charge on any atom is -0.378 e.